The van der Waals surface area contributed by atoms with Crippen molar-refractivity contribution < 1.29 is 28.6 Å². The minimum Gasteiger partial charge on any atom is -0.466 e. The molecular formula is C10H14O6. The topological polar surface area (TPSA) is 78.9 Å². The summed E-state index contributed by atoms with van der Waals surface area (Å²) in [5.41, 5.74) is 0. The number of hydrogen-bond acceptors (Lipinski definition) is 6. The molecule has 0 spiro atoms. The average Bonchev–Trinajstić information content (AvgIpc) is 2.13. The Kier molecular flexibility index (Phi) is 3.87. The van der Waals surface area contributed by atoms with Gasteiger partial charge in [-0.05, 0) is 6.92 Å². The fourth-order valence-corrected chi connectivity index (χ4v) is 1.36. The molecule has 1 aliphatic rings. The molecule has 0 aromatic heterocycles. The van der Waals surface area contributed by atoms with Crippen LogP contribution in [0.1, 0.15) is 33.1 Å². The van der Waals surface area contributed by atoms with E-state index >= 15 is 0 Å². The third-order valence-electron chi connectivity index (χ3n) is 2.04. The van der Waals surface area contributed by atoms with Gasteiger partial charge in [0.25, 0.3) is 5.79 Å². The third kappa shape index (κ3) is 3.52. The summed E-state index contributed by atoms with van der Waals surface area (Å²) in [4.78, 5) is 33.1. The van der Waals surface area contributed by atoms with Crippen molar-refractivity contribution in [3.63, 3.8) is 0 Å². The maximum absolute atomic E-state index is 11.1. The van der Waals surface area contributed by atoms with E-state index in [4.69, 9.17) is 14.2 Å². The van der Waals surface area contributed by atoms with Gasteiger partial charge in [-0.3, -0.25) is 14.4 Å². The smallest absolute Gasteiger partial charge is 0.320 e. The van der Waals surface area contributed by atoms with E-state index in [0.717, 1.165) is 0 Å². The van der Waals surface area contributed by atoms with Crippen LogP contribution in [0.4, 0.5) is 0 Å². The number of rotatable bonds is 4. The molecular weight excluding hydrogens is 216 g/mol. The van der Waals surface area contributed by atoms with Crippen molar-refractivity contribution in [1.82, 2.24) is 0 Å². The van der Waals surface area contributed by atoms with Gasteiger partial charge in [0.15, 0.2) is 0 Å². The predicted octanol–water partition coefficient (Wildman–Crippen LogP) is 0.536. The number of cyclic esters (lactones) is 2. The van der Waals surface area contributed by atoms with Gasteiger partial charge in [0, 0.05) is 13.3 Å². The Morgan fingerprint density at radius 3 is 2.44 bits per heavy atom. The Morgan fingerprint density at radius 1 is 1.38 bits per heavy atom. The molecule has 0 N–H and O–H groups in total. The largest absolute Gasteiger partial charge is 0.466 e. The molecule has 0 atom stereocenters. The van der Waals surface area contributed by atoms with Crippen LogP contribution in [0.5, 0.6) is 0 Å². The molecule has 0 radical (unpaired) electrons. The van der Waals surface area contributed by atoms with Gasteiger partial charge in [0.05, 0.1) is 13.0 Å². The molecule has 0 bridgehead atoms. The fraction of sp³-hybridized carbons (Fsp3) is 0.700. The molecule has 0 amide bonds. The highest BCUT2D eigenvalue weighted by Crippen LogP contribution is 2.25. The van der Waals surface area contributed by atoms with Crippen molar-refractivity contribution >= 4 is 17.9 Å². The maximum atomic E-state index is 11.1. The molecule has 0 aromatic carbocycles. The fourth-order valence-electron chi connectivity index (χ4n) is 1.36. The Bertz CT molecular complexity index is 292. The lowest BCUT2D eigenvalue weighted by Crippen LogP contribution is -2.43. The van der Waals surface area contributed by atoms with Crippen LogP contribution in [0.3, 0.4) is 0 Å². The van der Waals surface area contributed by atoms with E-state index in [1.165, 1.54) is 6.92 Å². The Labute approximate surface area is 92.8 Å². The lowest BCUT2D eigenvalue weighted by atomic mass is 10.1. The molecule has 6 nitrogen and oxygen atoms in total. The van der Waals surface area contributed by atoms with Gasteiger partial charge >= 0.3 is 17.9 Å². The molecule has 1 rings (SSSR count). The second-order valence-electron chi connectivity index (χ2n) is 3.56. The summed E-state index contributed by atoms with van der Waals surface area (Å²) in [6, 6.07) is 0. The van der Waals surface area contributed by atoms with E-state index in [9.17, 15) is 14.4 Å². The van der Waals surface area contributed by atoms with Gasteiger partial charge < -0.3 is 14.2 Å². The predicted molar refractivity (Wildman–Crippen MR) is 51.1 cm³/mol. The van der Waals surface area contributed by atoms with Gasteiger partial charge in [-0.1, -0.05) is 0 Å². The summed E-state index contributed by atoms with van der Waals surface area (Å²) >= 11 is 0. The number of carbonyl (C=O) groups excluding carboxylic acids is 3. The second kappa shape index (κ2) is 4.96. The highest BCUT2D eigenvalue weighted by atomic mass is 16.7. The van der Waals surface area contributed by atoms with Crippen LogP contribution in [0.25, 0.3) is 0 Å². The molecule has 0 saturated carbocycles. The van der Waals surface area contributed by atoms with Crippen molar-refractivity contribution in [3.8, 4) is 0 Å². The summed E-state index contributed by atoms with van der Waals surface area (Å²) in [5, 5.41) is 0. The third-order valence-corrected chi connectivity index (χ3v) is 2.04. The number of carbonyl (C=O) groups is 3. The SMILES string of the molecule is CCOC(=O)CCC1(C)OC(=O)CC(=O)O1. The molecule has 0 unspecified atom stereocenters. The Balaban J connectivity index is 2.47. The lowest BCUT2D eigenvalue weighted by molar-refractivity contribution is -0.240. The van der Waals surface area contributed by atoms with Crippen LogP contribution in [-0.2, 0) is 28.6 Å². The molecule has 90 valence electrons. The first kappa shape index (κ1) is 12.5. The molecule has 1 fully saturated rings. The van der Waals surface area contributed by atoms with Crippen molar-refractivity contribution in [2.75, 3.05) is 6.61 Å². The van der Waals surface area contributed by atoms with Gasteiger partial charge in [-0.2, -0.15) is 0 Å². The van der Waals surface area contributed by atoms with Crippen molar-refractivity contribution in [3.05, 3.63) is 0 Å². The highest BCUT2D eigenvalue weighted by molar-refractivity contribution is 5.93. The number of hydrogen-bond donors (Lipinski definition) is 0. The standard InChI is InChI=1S/C10H14O6/c1-3-14-7(11)4-5-10(2)15-8(12)6-9(13)16-10/h3-6H2,1-2H3. The molecule has 1 aliphatic heterocycles. The number of esters is 3. The summed E-state index contributed by atoms with van der Waals surface area (Å²) < 4.78 is 14.5. The van der Waals surface area contributed by atoms with Crippen molar-refractivity contribution in [2.24, 2.45) is 0 Å². The van der Waals surface area contributed by atoms with Crippen LogP contribution >= 0.6 is 0 Å². The summed E-state index contributed by atoms with van der Waals surface area (Å²) in [6.07, 6.45) is -0.247. The van der Waals surface area contributed by atoms with Crippen LogP contribution in [0, 0.1) is 0 Å². The minimum atomic E-state index is -1.35. The first-order chi connectivity index (χ1) is 7.45. The van der Waals surface area contributed by atoms with E-state index in [0.29, 0.717) is 0 Å². The van der Waals surface area contributed by atoms with Crippen molar-refractivity contribution in [1.29, 1.82) is 0 Å². The zero-order valence-electron chi connectivity index (χ0n) is 9.28. The Hall–Kier alpha value is -1.59. The van der Waals surface area contributed by atoms with Crippen molar-refractivity contribution in [2.45, 2.75) is 38.9 Å². The monoisotopic (exact) mass is 230 g/mol. The zero-order chi connectivity index (χ0) is 12.2. The highest BCUT2D eigenvalue weighted by Gasteiger charge is 2.39. The van der Waals surface area contributed by atoms with Crippen LogP contribution in [0.2, 0.25) is 0 Å². The second-order valence-corrected chi connectivity index (χ2v) is 3.56. The minimum absolute atomic E-state index is 0.0326. The molecule has 1 heterocycles. The van der Waals surface area contributed by atoms with E-state index < -0.39 is 23.7 Å². The zero-order valence-corrected chi connectivity index (χ0v) is 9.28. The van der Waals surface area contributed by atoms with E-state index in [1.807, 2.05) is 0 Å². The van der Waals surface area contributed by atoms with Gasteiger partial charge in [-0.25, -0.2) is 0 Å². The summed E-state index contributed by atoms with van der Waals surface area (Å²) in [7, 11) is 0. The van der Waals surface area contributed by atoms with Crippen LogP contribution in [0.15, 0.2) is 0 Å². The average molecular weight is 230 g/mol. The summed E-state index contributed by atoms with van der Waals surface area (Å²) in [5.74, 6) is -3.04. The first-order valence-electron chi connectivity index (χ1n) is 5.04. The van der Waals surface area contributed by atoms with Crippen LogP contribution < -0.4 is 0 Å². The molecule has 0 aromatic rings. The normalized spacial score (nSPS) is 18.6. The maximum Gasteiger partial charge on any atom is 0.320 e. The quantitative estimate of drug-likeness (QED) is 0.518. The number of ether oxygens (including phenoxy) is 3. The van der Waals surface area contributed by atoms with Crippen LogP contribution in [-0.4, -0.2) is 30.3 Å². The van der Waals surface area contributed by atoms with Gasteiger partial charge in [0.2, 0.25) is 0 Å². The molecule has 1 saturated heterocycles. The summed E-state index contributed by atoms with van der Waals surface area (Å²) in [6.45, 7) is 3.43. The molecule has 16 heavy (non-hydrogen) atoms. The van der Waals surface area contributed by atoms with E-state index in [1.54, 1.807) is 6.92 Å². The lowest BCUT2D eigenvalue weighted by Gasteiger charge is -2.32. The Morgan fingerprint density at radius 2 is 1.94 bits per heavy atom. The first-order valence-corrected chi connectivity index (χ1v) is 5.04. The van der Waals surface area contributed by atoms with Gasteiger partial charge in [0.1, 0.15) is 6.42 Å². The van der Waals surface area contributed by atoms with Gasteiger partial charge in [-0.15, -0.1) is 0 Å². The molecule has 0 aliphatic carbocycles. The molecule has 6 heteroatoms. The van der Waals surface area contributed by atoms with E-state index in [-0.39, 0.29) is 25.9 Å². The van der Waals surface area contributed by atoms with E-state index in [2.05, 4.69) is 0 Å².